The maximum atomic E-state index is 5.60. The first-order valence-electron chi connectivity index (χ1n) is 4.89. The molecule has 0 amide bonds. The molecule has 5 nitrogen and oxygen atoms in total. The topological polar surface area (TPSA) is 52.8 Å². The molecule has 0 aliphatic heterocycles. The molecule has 0 unspecified atom stereocenters. The van der Waals surface area contributed by atoms with Crippen molar-refractivity contribution in [3.63, 3.8) is 0 Å². The first-order chi connectivity index (χ1) is 8.19. The Hall–Kier alpha value is -0.950. The van der Waals surface area contributed by atoms with Crippen LogP contribution in [-0.4, -0.2) is 20.2 Å². The number of hydrogen-bond acceptors (Lipinski definition) is 4. The van der Waals surface area contributed by atoms with Crippen LogP contribution in [0.25, 0.3) is 0 Å². The summed E-state index contributed by atoms with van der Waals surface area (Å²) in [6.07, 6.45) is 0. The van der Waals surface area contributed by atoms with Crippen LogP contribution in [0, 0.1) is 0 Å². The second-order valence-electron chi connectivity index (χ2n) is 3.38. The molecule has 2 aromatic rings. The Morgan fingerprint density at radius 1 is 1.41 bits per heavy atom. The molecule has 0 fully saturated rings. The zero-order valence-electron chi connectivity index (χ0n) is 9.10. The SMILES string of the molecule is Cn1nnc(COc2ccc(CBr)cc2Br)n1. The van der Waals surface area contributed by atoms with E-state index < -0.39 is 0 Å². The molecule has 0 saturated heterocycles. The van der Waals surface area contributed by atoms with E-state index in [0.29, 0.717) is 12.4 Å². The number of halogens is 2. The second-order valence-corrected chi connectivity index (χ2v) is 4.80. The van der Waals surface area contributed by atoms with Crippen LogP contribution >= 0.6 is 31.9 Å². The highest BCUT2D eigenvalue weighted by Gasteiger charge is 2.05. The van der Waals surface area contributed by atoms with Gasteiger partial charge in [0.05, 0.1) is 11.5 Å². The highest BCUT2D eigenvalue weighted by Crippen LogP contribution is 2.27. The summed E-state index contributed by atoms with van der Waals surface area (Å²) in [7, 11) is 1.72. The van der Waals surface area contributed by atoms with E-state index in [2.05, 4.69) is 47.3 Å². The molecule has 17 heavy (non-hydrogen) atoms. The fraction of sp³-hybridized carbons (Fsp3) is 0.300. The van der Waals surface area contributed by atoms with Gasteiger partial charge in [0.2, 0.25) is 5.82 Å². The third-order valence-electron chi connectivity index (χ3n) is 2.06. The highest BCUT2D eigenvalue weighted by atomic mass is 79.9. The van der Waals surface area contributed by atoms with Gasteiger partial charge in [-0.3, -0.25) is 0 Å². The molecule has 0 N–H and O–H groups in total. The fourth-order valence-corrected chi connectivity index (χ4v) is 2.16. The van der Waals surface area contributed by atoms with Crippen LogP contribution < -0.4 is 4.74 Å². The molecule has 90 valence electrons. The number of ether oxygens (including phenoxy) is 1. The Labute approximate surface area is 115 Å². The summed E-state index contributed by atoms with van der Waals surface area (Å²) in [5.74, 6) is 1.33. The lowest BCUT2D eigenvalue weighted by atomic mass is 10.2. The Kier molecular flexibility index (Phi) is 4.11. The van der Waals surface area contributed by atoms with Gasteiger partial charge in [0.15, 0.2) is 6.61 Å². The maximum Gasteiger partial charge on any atom is 0.212 e. The Morgan fingerprint density at radius 2 is 2.24 bits per heavy atom. The van der Waals surface area contributed by atoms with Crippen molar-refractivity contribution in [1.29, 1.82) is 0 Å². The first kappa shape index (κ1) is 12.5. The summed E-state index contributed by atoms with van der Waals surface area (Å²) in [4.78, 5) is 1.40. The molecule has 0 atom stereocenters. The molecule has 1 heterocycles. The van der Waals surface area contributed by atoms with Crippen LogP contribution in [0.5, 0.6) is 5.75 Å². The van der Waals surface area contributed by atoms with Crippen molar-refractivity contribution in [2.45, 2.75) is 11.9 Å². The minimum atomic E-state index is 0.306. The fourth-order valence-electron chi connectivity index (χ4n) is 1.27. The molecule has 0 bridgehead atoms. The number of rotatable bonds is 4. The van der Waals surface area contributed by atoms with Gasteiger partial charge in [0.1, 0.15) is 5.75 Å². The van der Waals surface area contributed by atoms with Crippen molar-refractivity contribution in [2.24, 2.45) is 7.05 Å². The molecular weight excluding hydrogens is 352 g/mol. The van der Waals surface area contributed by atoms with Crippen LogP contribution in [0.2, 0.25) is 0 Å². The van der Waals surface area contributed by atoms with E-state index in [-0.39, 0.29) is 0 Å². The number of alkyl halides is 1. The van der Waals surface area contributed by atoms with E-state index in [1.807, 2.05) is 18.2 Å². The standard InChI is InChI=1S/C10H10Br2N4O/c1-16-14-10(13-15-16)6-17-9-3-2-7(5-11)4-8(9)12/h2-4H,5-6H2,1H3. The van der Waals surface area contributed by atoms with Crippen molar-refractivity contribution in [2.75, 3.05) is 0 Å². The van der Waals surface area contributed by atoms with E-state index in [4.69, 9.17) is 4.74 Å². The maximum absolute atomic E-state index is 5.60. The number of aryl methyl sites for hydroxylation is 1. The largest absolute Gasteiger partial charge is 0.484 e. The van der Waals surface area contributed by atoms with Gasteiger partial charge < -0.3 is 4.74 Å². The normalized spacial score (nSPS) is 10.5. The zero-order chi connectivity index (χ0) is 12.3. The molecule has 0 spiro atoms. The number of hydrogen-bond donors (Lipinski definition) is 0. The number of benzene rings is 1. The summed E-state index contributed by atoms with van der Waals surface area (Å²) >= 11 is 6.86. The molecule has 0 aliphatic carbocycles. The molecular formula is C10H10Br2N4O. The van der Waals surface area contributed by atoms with Gasteiger partial charge in [0.25, 0.3) is 0 Å². The highest BCUT2D eigenvalue weighted by molar-refractivity contribution is 9.10. The van der Waals surface area contributed by atoms with Crippen LogP contribution in [-0.2, 0) is 19.0 Å². The Bertz CT molecular complexity index is 515. The van der Waals surface area contributed by atoms with E-state index in [9.17, 15) is 0 Å². The summed E-state index contributed by atoms with van der Waals surface area (Å²) in [5, 5.41) is 12.4. The predicted octanol–water partition coefficient (Wildman–Crippen LogP) is 2.45. The summed E-state index contributed by atoms with van der Waals surface area (Å²) < 4.78 is 6.51. The average Bonchev–Trinajstić information content (AvgIpc) is 2.73. The van der Waals surface area contributed by atoms with Crippen molar-refractivity contribution < 1.29 is 4.74 Å². The van der Waals surface area contributed by atoms with Gasteiger partial charge in [0, 0.05) is 5.33 Å². The Morgan fingerprint density at radius 3 is 2.82 bits per heavy atom. The minimum Gasteiger partial charge on any atom is -0.484 e. The summed E-state index contributed by atoms with van der Waals surface area (Å²) in [6, 6.07) is 5.92. The number of aromatic nitrogens is 4. The molecule has 2 rings (SSSR count). The van der Waals surface area contributed by atoms with Crippen LogP contribution in [0.1, 0.15) is 11.4 Å². The lowest BCUT2D eigenvalue weighted by Crippen LogP contribution is -1.99. The van der Waals surface area contributed by atoms with Crippen molar-refractivity contribution in [3.8, 4) is 5.75 Å². The molecule has 1 aromatic carbocycles. The van der Waals surface area contributed by atoms with Crippen molar-refractivity contribution >= 4 is 31.9 Å². The van der Waals surface area contributed by atoms with Crippen LogP contribution in [0.15, 0.2) is 22.7 Å². The smallest absolute Gasteiger partial charge is 0.212 e. The van der Waals surface area contributed by atoms with Crippen molar-refractivity contribution in [3.05, 3.63) is 34.1 Å². The molecule has 7 heteroatoms. The van der Waals surface area contributed by atoms with Gasteiger partial charge in [-0.15, -0.1) is 10.2 Å². The van der Waals surface area contributed by atoms with Crippen molar-refractivity contribution in [1.82, 2.24) is 20.2 Å². The number of tetrazole rings is 1. The molecule has 0 radical (unpaired) electrons. The average molecular weight is 362 g/mol. The number of nitrogens with zero attached hydrogens (tertiary/aromatic N) is 4. The molecule has 0 saturated carbocycles. The molecule has 1 aromatic heterocycles. The first-order valence-corrected chi connectivity index (χ1v) is 6.80. The van der Waals surface area contributed by atoms with Gasteiger partial charge in [-0.05, 0) is 38.8 Å². The quantitative estimate of drug-likeness (QED) is 0.785. The van der Waals surface area contributed by atoms with E-state index >= 15 is 0 Å². The van der Waals surface area contributed by atoms with Gasteiger partial charge >= 0.3 is 0 Å². The lowest BCUT2D eigenvalue weighted by molar-refractivity contribution is 0.293. The van der Waals surface area contributed by atoms with Crippen LogP contribution in [0.3, 0.4) is 0 Å². The predicted molar refractivity (Wildman–Crippen MR) is 69.9 cm³/mol. The summed E-state index contributed by atoms with van der Waals surface area (Å²) in [6.45, 7) is 0.306. The second kappa shape index (κ2) is 5.59. The van der Waals surface area contributed by atoms with Gasteiger partial charge in [-0.2, -0.15) is 4.80 Å². The van der Waals surface area contributed by atoms with E-state index in [1.54, 1.807) is 7.05 Å². The third-order valence-corrected chi connectivity index (χ3v) is 3.32. The van der Waals surface area contributed by atoms with Crippen LogP contribution in [0.4, 0.5) is 0 Å². The van der Waals surface area contributed by atoms with E-state index in [0.717, 1.165) is 15.6 Å². The van der Waals surface area contributed by atoms with Gasteiger partial charge in [-0.25, -0.2) is 0 Å². The minimum absolute atomic E-state index is 0.306. The van der Waals surface area contributed by atoms with Gasteiger partial charge in [-0.1, -0.05) is 22.0 Å². The van der Waals surface area contributed by atoms with E-state index in [1.165, 1.54) is 10.4 Å². The summed E-state index contributed by atoms with van der Waals surface area (Å²) in [5.41, 5.74) is 1.18. The Balaban J connectivity index is 2.04. The zero-order valence-corrected chi connectivity index (χ0v) is 12.3. The molecule has 0 aliphatic rings. The third kappa shape index (κ3) is 3.26. The lowest BCUT2D eigenvalue weighted by Gasteiger charge is -2.06. The monoisotopic (exact) mass is 360 g/mol.